The van der Waals surface area contributed by atoms with Crippen LogP contribution in [0.1, 0.15) is 37.9 Å². The SMILES string of the molecule is COC(=O)/C=C/c1ccc(Cl)cc1[C@H](NC(=O)C(C)(C)C)C(=O)O. The number of nitrogens with one attached hydrogen (secondary N) is 1. The van der Waals surface area contributed by atoms with Crippen molar-refractivity contribution in [3.05, 3.63) is 40.4 Å². The third-order valence-electron chi connectivity index (χ3n) is 3.16. The first kappa shape index (κ1) is 19.7. The largest absolute Gasteiger partial charge is 0.479 e. The van der Waals surface area contributed by atoms with Gasteiger partial charge in [-0.25, -0.2) is 9.59 Å². The van der Waals surface area contributed by atoms with Crippen LogP contribution in [0.15, 0.2) is 24.3 Å². The molecule has 0 radical (unpaired) electrons. The molecule has 1 aromatic rings. The Labute approximate surface area is 145 Å². The second-order valence-electron chi connectivity index (χ2n) is 6.12. The van der Waals surface area contributed by atoms with Gasteiger partial charge in [-0.2, -0.15) is 0 Å². The molecule has 0 aliphatic heterocycles. The van der Waals surface area contributed by atoms with E-state index in [1.165, 1.54) is 19.3 Å². The van der Waals surface area contributed by atoms with Crippen LogP contribution in [0.5, 0.6) is 0 Å². The lowest BCUT2D eigenvalue weighted by atomic mass is 9.93. The third-order valence-corrected chi connectivity index (χ3v) is 3.40. The average molecular weight is 354 g/mol. The highest BCUT2D eigenvalue weighted by Gasteiger charge is 2.29. The Kier molecular flexibility index (Phi) is 6.54. The molecule has 6 nitrogen and oxygen atoms in total. The van der Waals surface area contributed by atoms with Crippen molar-refractivity contribution in [2.45, 2.75) is 26.8 Å². The molecule has 0 saturated heterocycles. The number of carboxylic acids is 1. The Hall–Kier alpha value is -2.34. The number of hydrogen-bond donors (Lipinski definition) is 2. The first-order chi connectivity index (χ1) is 11.1. The molecule has 0 bridgehead atoms. The molecule has 1 aromatic carbocycles. The van der Waals surface area contributed by atoms with Gasteiger partial charge >= 0.3 is 11.9 Å². The van der Waals surface area contributed by atoms with E-state index in [-0.39, 0.29) is 5.56 Å². The molecular formula is C17H20ClNO5. The van der Waals surface area contributed by atoms with Gasteiger partial charge in [0.15, 0.2) is 6.04 Å². The fraction of sp³-hybridized carbons (Fsp3) is 0.353. The normalized spacial score (nSPS) is 12.7. The van der Waals surface area contributed by atoms with Gasteiger partial charge in [-0.05, 0) is 29.3 Å². The summed E-state index contributed by atoms with van der Waals surface area (Å²) in [5, 5.41) is 12.3. The van der Waals surface area contributed by atoms with Gasteiger partial charge in [0.2, 0.25) is 5.91 Å². The highest BCUT2D eigenvalue weighted by Crippen LogP contribution is 2.26. The van der Waals surface area contributed by atoms with Crippen molar-refractivity contribution in [3.8, 4) is 0 Å². The van der Waals surface area contributed by atoms with E-state index in [4.69, 9.17) is 11.6 Å². The van der Waals surface area contributed by atoms with Crippen molar-refractivity contribution >= 4 is 35.5 Å². The van der Waals surface area contributed by atoms with E-state index in [9.17, 15) is 19.5 Å². The van der Waals surface area contributed by atoms with Crippen molar-refractivity contribution < 1.29 is 24.2 Å². The van der Waals surface area contributed by atoms with Gasteiger partial charge in [0.25, 0.3) is 0 Å². The first-order valence-corrected chi connectivity index (χ1v) is 7.53. The molecule has 0 aliphatic carbocycles. The number of ether oxygens (including phenoxy) is 1. The second kappa shape index (κ2) is 7.97. The predicted molar refractivity (Wildman–Crippen MR) is 90.5 cm³/mol. The van der Waals surface area contributed by atoms with Crippen LogP contribution < -0.4 is 5.32 Å². The van der Waals surface area contributed by atoms with Crippen molar-refractivity contribution in [2.24, 2.45) is 5.41 Å². The summed E-state index contributed by atoms with van der Waals surface area (Å²) < 4.78 is 4.51. The fourth-order valence-corrected chi connectivity index (χ4v) is 1.97. The summed E-state index contributed by atoms with van der Waals surface area (Å²) in [6.07, 6.45) is 2.58. The van der Waals surface area contributed by atoms with E-state index in [2.05, 4.69) is 10.1 Å². The lowest BCUT2D eigenvalue weighted by Gasteiger charge is -2.23. The lowest BCUT2D eigenvalue weighted by molar-refractivity contribution is -0.143. The molecular weight excluding hydrogens is 334 g/mol. The van der Waals surface area contributed by atoms with Gasteiger partial charge in [-0.3, -0.25) is 4.79 Å². The number of amides is 1. The molecule has 7 heteroatoms. The summed E-state index contributed by atoms with van der Waals surface area (Å²) in [7, 11) is 1.24. The number of methoxy groups -OCH3 is 1. The van der Waals surface area contributed by atoms with Crippen LogP contribution in [0.4, 0.5) is 0 Å². The summed E-state index contributed by atoms with van der Waals surface area (Å²) in [4.78, 5) is 35.1. The Balaban J connectivity index is 3.30. The Morgan fingerprint density at radius 2 is 1.92 bits per heavy atom. The third kappa shape index (κ3) is 5.38. The summed E-state index contributed by atoms with van der Waals surface area (Å²) in [6.45, 7) is 5.03. The zero-order valence-corrected chi connectivity index (χ0v) is 14.7. The fourth-order valence-electron chi connectivity index (χ4n) is 1.79. The highest BCUT2D eigenvalue weighted by atomic mass is 35.5. The molecule has 1 amide bonds. The van der Waals surface area contributed by atoms with Gasteiger partial charge in [0.05, 0.1) is 7.11 Å². The Morgan fingerprint density at radius 1 is 1.29 bits per heavy atom. The average Bonchev–Trinajstić information content (AvgIpc) is 2.49. The van der Waals surface area contributed by atoms with Crippen molar-refractivity contribution in [1.82, 2.24) is 5.32 Å². The first-order valence-electron chi connectivity index (χ1n) is 7.15. The number of esters is 1. The summed E-state index contributed by atoms with van der Waals surface area (Å²) in [5.41, 5.74) is -0.0481. The number of halogens is 1. The molecule has 24 heavy (non-hydrogen) atoms. The summed E-state index contributed by atoms with van der Waals surface area (Å²) >= 11 is 5.96. The number of hydrogen-bond acceptors (Lipinski definition) is 4. The maximum Gasteiger partial charge on any atom is 0.330 e. The maximum atomic E-state index is 12.2. The van der Waals surface area contributed by atoms with E-state index in [0.29, 0.717) is 10.6 Å². The van der Waals surface area contributed by atoms with Crippen molar-refractivity contribution in [3.63, 3.8) is 0 Å². The molecule has 1 rings (SSSR count). The zero-order valence-electron chi connectivity index (χ0n) is 13.9. The van der Waals surface area contributed by atoms with Crippen LogP contribution in [0.25, 0.3) is 6.08 Å². The van der Waals surface area contributed by atoms with E-state index in [0.717, 1.165) is 6.08 Å². The molecule has 130 valence electrons. The molecule has 0 heterocycles. The highest BCUT2D eigenvalue weighted by molar-refractivity contribution is 6.30. The zero-order chi connectivity index (χ0) is 18.5. The van der Waals surface area contributed by atoms with Gasteiger partial charge in [0, 0.05) is 16.5 Å². The minimum absolute atomic E-state index is 0.271. The number of benzene rings is 1. The number of carboxylic acid groups (broad SMARTS) is 1. The van der Waals surface area contributed by atoms with Crippen LogP contribution in [-0.2, 0) is 19.1 Å². The molecule has 2 N–H and O–H groups in total. The van der Waals surface area contributed by atoms with Crippen LogP contribution in [0.2, 0.25) is 5.02 Å². The van der Waals surface area contributed by atoms with Crippen molar-refractivity contribution in [1.29, 1.82) is 0 Å². The van der Waals surface area contributed by atoms with E-state index >= 15 is 0 Å². The van der Waals surface area contributed by atoms with Crippen LogP contribution in [0, 0.1) is 5.41 Å². The van der Waals surface area contributed by atoms with E-state index in [1.807, 2.05) is 0 Å². The van der Waals surface area contributed by atoms with Crippen LogP contribution >= 0.6 is 11.6 Å². The number of aliphatic carboxylic acids is 1. The van der Waals surface area contributed by atoms with E-state index in [1.54, 1.807) is 32.9 Å². The molecule has 0 aromatic heterocycles. The molecule has 0 fully saturated rings. The lowest BCUT2D eigenvalue weighted by Crippen LogP contribution is -2.40. The van der Waals surface area contributed by atoms with Gasteiger partial charge in [0.1, 0.15) is 0 Å². The van der Waals surface area contributed by atoms with E-state index < -0.39 is 29.3 Å². The minimum atomic E-state index is -1.30. The molecule has 0 saturated carbocycles. The smallest absolute Gasteiger partial charge is 0.330 e. The summed E-state index contributed by atoms with van der Waals surface area (Å²) in [5.74, 6) is -2.23. The van der Waals surface area contributed by atoms with Crippen LogP contribution in [-0.4, -0.2) is 30.1 Å². The monoisotopic (exact) mass is 353 g/mol. The number of carbonyl (C=O) groups is 3. The second-order valence-corrected chi connectivity index (χ2v) is 6.56. The van der Waals surface area contributed by atoms with Gasteiger partial charge < -0.3 is 15.2 Å². The number of rotatable bonds is 5. The standard InChI is InChI=1S/C17H20ClNO5/c1-17(2,3)16(23)19-14(15(21)22)12-9-11(18)7-5-10(12)6-8-13(20)24-4/h5-9,14H,1-4H3,(H,19,23)(H,21,22)/b8-6+/t14-/m0/s1. The Morgan fingerprint density at radius 3 is 2.42 bits per heavy atom. The van der Waals surface area contributed by atoms with Crippen LogP contribution in [0.3, 0.4) is 0 Å². The number of carbonyl (C=O) groups excluding carboxylic acids is 2. The summed E-state index contributed by atoms with van der Waals surface area (Å²) in [6, 6.07) is 3.27. The molecule has 1 atom stereocenters. The topological polar surface area (TPSA) is 92.7 Å². The maximum absolute atomic E-state index is 12.2. The minimum Gasteiger partial charge on any atom is -0.479 e. The van der Waals surface area contributed by atoms with Gasteiger partial charge in [-0.1, -0.05) is 38.4 Å². The molecule has 0 unspecified atom stereocenters. The quantitative estimate of drug-likeness (QED) is 0.627. The van der Waals surface area contributed by atoms with Gasteiger partial charge in [-0.15, -0.1) is 0 Å². The molecule has 0 aliphatic rings. The predicted octanol–water partition coefficient (Wildman–Crippen LogP) is 2.81. The Bertz CT molecular complexity index is 676. The van der Waals surface area contributed by atoms with Crippen molar-refractivity contribution in [2.75, 3.05) is 7.11 Å². The molecule has 0 spiro atoms.